The highest BCUT2D eigenvalue weighted by molar-refractivity contribution is 5.39. The molecule has 1 aromatic heterocycles. The average Bonchev–Trinajstić information content (AvgIpc) is 2.23. The molecule has 4 heteroatoms. The van der Waals surface area contributed by atoms with E-state index in [-0.39, 0.29) is 11.8 Å². The van der Waals surface area contributed by atoms with Gasteiger partial charge in [-0.3, -0.25) is 0 Å². The smallest absolute Gasteiger partial charge is 0.322 e. The van der Waals surface area contributed by atoms with E-state index in [0.29, 0.717) is 5.75 Å². The summed E-state index contributed by atoms with van der Waals surface area (Å²) in [5.41, 5.74) is 0. The predicted octanol–water partition coefficient (Wildman–Crippen LogP) is 1.77. The third-order valence-electron chi connectivity index (χ3n) is 1.56. The number of phenolic OH excluding ortho intramolecular Hbond substituents is 1. The molecule has 1 heterocycles. The van der Waals surface area contributed by atoms with Crippen LogP contribution in [0.2, 0.25) is 0 Å². The van der Waals surface area contributed by atoms with Crippen molar-refractivity contribution in [2.45, 2.75) is 0 Å². The Morgan fingerprint density at radius 3 is 2.86 bits per heavy atom. The number of benzene rings is 1. The van der Waals surface area contributed by atoms with Crippen molar-refractivity contribution in [2.75, 3.05) is 0 Å². The number of phenols is 1. The first kappa shape index (κ1) is 8.50. The molecule has 0 spiro atoms. The molecule has 0 unspecified atom stereocenters. The van der Waals surface area contributed by atoms with Crippen LogP contribution in [-0.4, -0.2) is 15.1 Å². The summed E-state index contributed by atoms with van der Waals surface area (Å²) in [7, 11) is 0. The van der Waals surface area contributed by atoms with Gasteiger partial charge in [0.25, 0.3) is 0 Å². The normalized spacial score (nSPS) is 9.71. The zero-order chi connectivity index (χ0) is 9.80. The first-order valence-electron chi connectivity index (χ1n) is 4.01. The van der Waals surface area contributed by atoms with E-state index in [1.54, 1.807) is 24.3 Å². The van der Waals surface area contributed by atoms with Crippen molar-refractivity contribution in [1.29, 1.82) is 0 Å². The molecule has 0 saturated carbocycles. The standard InChI is InChI=1S/C10H7N2O2/c13-8-4-1-2-5-9(8)14-10-11-6-3-7-12-10/h1-6,13H. The molecule has 0 aliphatic heterocycles. The molecule has 2 aromatic rings. The maximum Gasteiger partial charge on any atom is 0.322 e. The molecule has 0 fully saturated rings. The summed E-state index contributed by atoms with van der Waals surface area (Å²) in [6.07, 6.45) is 4.10. The number of ether oxygens (including phenoxy) is 1. The lowest BCUT2D eigenvalue weighted by Crippen LogP contribution is -1.90. The zero-order valence-corrected chi connectivity index (χ0v) is 7.21. The van der Waals surface area contributed by atoms with E-state index < -0.39 is 0 Å². The van der Waals surface area contributed by atoms with Crippen molar-refractivity contribution in [2.24, 2.45) is 0 Å². The maximum absolute atomic E-state index is 9.38. The molecule has 69 valence electrons. The van der Waals surface area contributed by atoms with Gasteiger partial charge in [-0.05, 0) is 18.2 Å². The lowest BCUT2D eigenvalue weighted by atomic mass is 10.3. The zero-order valence-electron chi connectivity index (χ0n) is 7.21. The van der Waals surface area contributed by atoms with Crippen molar-refractivity contribution in [3.8, 4) is 17.5 Å². The third-order valence-corrected chi connectivity index (χ3v) is 1.56. The Morgan fingerprint density at radius 1 is 1.29 bits per heavy atom. The quantitative estimate of drug-likeness (QED) is 0.778. The largest absolute Gasteiger partial charge is 0.504 e. The van der Waals surface area contributed by atoms with Crippen molar-refractivity contribution in [3.63, 3.8) is 0 Å². The Bertz CT molecular complexity index is 417. The van der Waals surface area contributed by atoms with Crippen LogP contribution in [0.25, 0.3) is 0 Å². The summed E-state index contributed by atoms with van der Waals surface area (Å²) in [5.74, 6) is 0.382. The van der Waals surface area contributed by atoms with Gasteiger partial charge in [0.05, 0.1) is 6.20 Å². The van der Waals surface area contributed by atoms with Crippen LogP contribution in [0.3, 0.4) is 0 Å². The first-order valence-corrected chi connectivity index (χ1v) is 4.01. The van der Waals surface area contributed by atoms with Crippen LogP contribution < -0.4 is 4.74 Å². The van der Waals surface area contributed by atoms with Crippen molar-refractivity contribution in [3.05, 3.63) is 42.7 Å². The lowest BCUT2D eigenvalue weighted by Gasteiger charge is -2.03. The van der Waals surface area contributed by atoms with Gasteiger partial charge in [0.15, 0.2) is 11.5 Å². The minimum atomic E-state index is 0.0555. The third kappa shape index (κ3) is 1.80. The molecule has 1 radical (unpaired) electrons. The number of hydrogen-bond acceptors (Lipinski definition) is 4. The molecule has 4 nitrogen and oxygen atoms in total. The second-order valence-corrected chi connectivity index (χ2v) is 2.54. The van der Waals surface area contributed by atoms with Crippen LogP contribution in [0, 0.1) is 6.20 Å². The Labute approximate surface area is 80.8 Å². The van der Waals surface area contributed by atoms with Gasteiger partial charge in [-0.2, -0.15) is 4.98 Å². The summed E-state index contributed by atoms with van der Waals surface area (Å²) in [4.78, 5) is 7.59. The molecule has 0 atom stereocenters. The summed E-state index contributed by atoms with van der Waals surface area (Å²) in [6.45, 7) is 0. The number of aromatic hydroxyl groups is 1. The van der Waals surface area contributed by atoms with E-state index in [2.05, 4.69) is 16.2 Å². The van der Waals surface area contributed by atoms with Crippen LogP contribution in [0.15, 0.2) is 36.5 Å². The van der Waals surface area contributed by atoms with Crippen LogP contribution in [0.5, 0.6) is 17.5 Å². The van der Waals surface area contributed by atoms with E-state index in [1.165, 1.54) is 12.3 Å². The van der Waals surface area contributed by atoms with Gasteiger partial charge < -0.3 is 9.84 Å². The van der Waals surface area contributed by atoms with Crippen molar-refractivity contribution in [1.82, 2.24) is 9.97 Å². The number of rotatable bonds is 2. The monoisotopic (exact) mass is 187 g/mol. The van der Waals surface area contributed by atoms with Gasteiger partial charge in [-0.25, -0.2) is 4.98 Å². The molecular weight excluding hydrogens is 180 g/mol. The number of hydrogen-bond donors (Lipinski definition) is 1. The second-order valence-electron chi connectivity index (χ2n) is 2.54. The minimum Gasteiger partial charge on any atom is -0.504 e. The second kappa shape index (κ2) is 3.74. The van der Waals surface area contributed by atoms with E-state index in [9.17, 15) is 5.11 Å². The van der Waals surface area contributed by atoms with E-state index in [0.717, 1.165) is 0 Å². The topological polar surface area (TPSA) is 55.2 Å². The van der Waals surface area contributed by atoms with Crippen molar-refractivity contribution < 1.29 is 9.84 Å². The van der Waals surface area contributed by atoms with Crippen LogP contribution in [-0.2, 0) is 0 Å². The van der Waals surface area contributed by atoms with Gasteiger partial charge in [0.2, 0.25) is 0 Å². The highest BCUT2D eigenvalue weighted by atomic mass is 16.5. The SMILES string of the molecule is Oc1ccccc1Oc1n[c]ccn1. The summed E-state index contributed by atoms with van der Waals surface area (Å²) in [6, 6.07) is 8.35. The Balaban J connectivity index is 2.24. The Morgan fingerprint density at radius 2 is 2.14 bits per heavy atom. The van der Waals surface area contributed by atoms with E-state index in [1.807, 2.05) is 0 Å². The average molecular weight is 187 g/mol. The molecule has 0 aliphatic carbocycles. The maximum atomic E-state index is 9.38. The molecule has 0 aliphatic rings. The Hall–Kier alpha value is -2.10. The van der Waals surface area contributed by atoms with Gasteiger partial charge in [-0.15, -0.1) is 0 Å². The minimum absolute atomic E-state index is 0.0555. The molecule has 0 amide bonds. The van der Waals surface area contributed by atoms with Gasteiger partial charge >= 0.3 is 6.01 Å². The fourth-order valence-electron chi connectivity index (χ4n) is 0.947. The molecular formula is C10H7N2O2. The summed E-state index contributed by atoms with van der Waals surface area (Å²) in [5, 5.41) is 9.38. The number of nitrogens with zero attached hydrogens (tertiary/aromatic N) is 2. The van der Waals surface area contributed by atoms with Gasteiger partial charge in [0.1, 0.15) is 0 Å². The molecule has 0 saturated heterocycles. The Kier molecular flexibility index (Phi) is 2.27. The van der Waals surface area contributed by atoms with Crippen LogP contribution >= 0.6 is 0 Å². The van der Waals surface area contributed by atoms with Gasteiger partial charge in [0, 0.05) is 6.20 Å². The highest BCUT2D eigenvalue weighted by Crippen LogP contribution is 2.27. The highest BCUT2D eigenvalue weighted by Gasteiger charge is 2.02. The molecule has 1 aromatic carbocycles. The van der Waals surface area contributed by atoms with Crippen LogP contribution in [0.1, 0.15) is 0 Å². The van der Waals surface area contributed by atoms with Crippen molar-refractivity contribution >= 4 is 0 Å². The lowest BCUT2D eigenvalue weighted by molar-refractivity contribution is 0.392. The van der Waals surface area contributed by atoms with E-state index >= 15 is 0 Å². The van der Waals surface area contributed by atoms with E-state index in [4.69, 9.17) is 4.74 Å². The van der Waals surface area contributed by atoms with Gasteiger partial charge in [-0.1, -0.05) is 12.1 Å². The summed E-state index contributed by atoms with van der Waals surface area (Å²) < 4.78 is 5.21. The van der Waals surface area contributed by atoms with Crippen LogP contribution in [0.4, 0.5) is 0 Å². The number of aromatic nitrogens is 2. The molecule has 1 N–H and O–H groups in total. The fourth-order valence-corrected chi connectivity index (χ4v) is 0.947. The molecule has 0 bridgehead atoms. The molecule has 2 rings (SSSR count). The molecule has 14 heavy (non-hydrogen) atoms. The number of para-hydroxylation sites is 2. The summed E-state index contributed by atoms with van der Waals surface area (Å²) >= 11 is 0. The predicted molar refractivity (Wildman–Crippen MR) is 49.0 cm³/mol. The fraction of sp³-hybridized carbons (Fsp3) is 0. The first-order chi connectivity index (χ1) is 6.86.